The third kappa shape index (κ3) is 1.41. The Morgan fingerprint density at radius 2 is 2.47 bits per heavy atom. The fraction of sp³-hybridized carbons (Fsp3) is 0.750. The van der Waals surface area contributed by atoms with Gasteiger partial charge < -0.3 is 5.32 Å². The number of aryl methyl sites for hydroxylation is 1. The molecule has 1 N–H and O–H groups in total. The van der Waals surface area contributed by atoms with E-state index in [1.165, 1.54) is 37.8 Å². The summed E-state index contributed by atoms with van der Waals surface area (Å²) in [5, 5.41) is 8.14. The molecule has 3 heteroatoms. The van der Waals surface area contributed by atoms with Gasteiger partial charge in [0.25, 0.3) is 0 Å². The first-order chi connectivity index (χ1) is 7.35. The molecule has 1 aromatic rings. The van der Waals surface area contributed by atoms with Crippen LogP contribution in [0.5, 0.6) is 0 Å². The van der Waals surface area contributed by atoms with Crippen molar-refractivity contribution in [2.75, 3.05) is 6.54 Å². The minimum absolute atomic E-state index is 0.285. The van der Waals surface area contributed by atoms with Gasteiger partial charge in [0, 0.05) is 23.8 Å². The molecule has 15 heavy (non-hydrogen) atoms. The second kappa shape index (κ2) is 3.34. The van der Waals surface area contributed by atoms with E-state index >= 15 is 0 Å². The van der Waals surface area contributed by atoms with Gasteiger partial charge in [-0.25, -0.2) is 0 Å². The zero-order valence-electron chi connectivity index (χ0n) is 9.37. The Morgan fingerprint density at radius 1 is 1.60 bits per heavy atom. The molecule has 2 aliphatic rings. The monoisotopic (exact) mass is 205 g/mol. The van der Waals surface area contributed by atoms with Gasteiger partial charge in [0.05, 0.1) is 6.20 Å². The Balaban J connectivity index is 1.94. The molecule has 0 aromatic carbocycles. The molecule has 1 aliphatic heterocycles. The average molecular weight is 205 g/mol. The molecule has 3 nitrogen and oxygen atoms in total. The first-order valence-corrected chi connectivity index (χ1v) is 6.13. The summed E-state index contributed by atoms with van der Waals surface area (Å²) in [6.07, 6.45) is 9.70. The highest BCUT2D eigenvalue weighted by Crippen LogP contribution is 2.50. The van der Waals surface area contributed by atoms with E-state index in [0.29, 0.717) is 0 Å². The van der Waals surface area contributed by atoms with Crippen molar-refractivity contribution in [2.45, 2.75) is 44.7 Å². The molecule has 1 unspecified atom stereocenters. The molecule has 2 heterocycles. The van der Waals surface area contributed by atoms with Crippen LogP contribution in [0.15, 0.2) is 12.4 Å². The number of rotatable bonds is 3. The van der Waals surface area contributed by atoms with Crippen LogP contribution < -0.4 is 5.32 Å². The van der Waals surface area contributed by atoms with E-state index in [1.807, 2.05) is 4.68 Å². The number of hydrogen-bond acceptors (Lipinski definition) is 2. The van der Waals surface area contributed by atoms with Crippen molar-refractivity contribution in [1.82, 2.24) is 15.1 Å². The first-order valence-electron chi connectivity index (χ1n) is 6.13. The van der Waals surface area contributed by atoms with E-state index in [0.717, 1.165) is 12.5 Å². The highest BCUT2D eigenvalue weighted by molar-refractivity contribution is 5.24. The minimum Gasteiger partial charge on any atom is -0.307 e. The van der Waals surface area contributed by atoms with Crippen LogP contribution in [0.1, 0.15) is 38.2 Å². The van der Waals surface area contributed by atoms with Crippen molar-refractivity contribution in [1.29, 1.82) is 0 Å². The molecular formula is C12H19N3. The van der Waals surface area contributed by atoms with Gasteiger partial charge in [0.1, 0.15) is 0 Å². The van der Waals surface area contributed by atoms with Crippen LogP contribution in [0.4, 0.5) is 0 Å². The normalized spacial score (nSPS) is 31.0. The van der Waals surface area contributed by atoms with Crippen molar-refractivity contribution < 1.29 is 0 Å². The standard InChI is InChI=1S/C12H19N3/c1-2-15-9-11(8-14-15)12(10-4-5-10)6-3-7-13-12/h8-10,13H,2-7H2,1H3. The second-order valence-electron chi connectivity index (χ2n) is 4.86. The molecule has 1 saturated carbocycles. The van der Waals surface area contributed by atoms with Crippen molar-refractivity contribution in [3.05, 3.63) is 18.0 Å². The lowest BCUT2D eigenvalue weighted by atomic mass is 9.86. The maximum Gasteiger partial charge on any atom is 0.0540 e. The van der Waals surface area contributed by atoms with Crippen LogP contribution in [-0.4, -0.2) is 16.3 Å². The van der Waals surface area contributed by atoms with E-state index in [1.54, 1.807) is 0 Å². The van der Waals surface area contributed by atoms with Crippen LogP contribution in [0.2, 0.25) is 0 Å². The molecule has 0 radical (unpaired) electrons. The van der Waals surface area contributed by atoms with Crippen molar-refractivity contribution in [3.63, 3.8) is 0 Å². The van der Waals surface area contributed by atoms with Crippen LogP contribution in [0, 0.1) is 5.92 Å². The summed E-state index contributed by atoms with van der Waals surface area (Å²) in [6, 6.07) is 0. The van der Waals surface area contributed by atoms with Crippen LogP contribution in [0.3, 0.4) is 0 Å². The molecule has 1 saturated heterocycles. The Morgan fingerprint density at radius 3 is 3.00 bits per heavy atom. The molecule has 0 bridgehead atoms. The van der Waals surface area contributed by atoms with Crippen molar-refractivity contribution in [3.8, 4) is 0 Å². The zero-order chi connectivity index (χ0) is 10.3. The molecule has 1 aromatic heterocycles. The topological polar surface area (TPSA) is 29.9 Å². The summed E-state index contributed by atoms with van der Waals surface area (Å²) >= 11 is 0. The van der Waals surface area contributed by atoms with E-state index < -0.39 is 0 Å². The van der Waals surface area contributed by atoms with Gasteiger partial charge >= 0.3 is 0 Å². The SMILES string of the molecule is CCn1cc(C2(C3CC3)CCCN2)cn1. The first kappa shape index (κ1) is 9.40. The van der Waals surface area contributed by atoms with E-state index in [4.69, 9.17) is 0 Å². The van der Waals surface area contributed by atoms with E-state index in [9.17, 15) is 0 Å². The molecular weight excluding hydrogens is 186 g/mol. The number of nitrogens with one attached hydrogen (secondary N) is 1. The predicted octanol–water partition coefficient (Wildman–Crippen LogP) is 1.89. The third-order valence-corrected chi connectivity index (χ3v) is 3.93. The second-order valence-corrected chi connectivity index (χ2v) is 4.86. The molecule has 1 atom stereocenters. The molecule has 0 amide bonds. The average Bonchev–Trinajstić information content (AvgIpc) is 2.85. The quantitative estimate of drug-likeness (QED) is 0.816. The maximum absolute atomic E-state index is 4.41. The number of aromatic nitrogens is 2. The largest absolute Gasteiger partial charge is 0.307 e. The highest BCUT2D eigenvalue weighted by atomic mass is 15.3. The Bertz CT molecular complexity index is 346. The van der Waals surface area contributed by atoms with Gasteiger partial charge in [0.15, 0.2) is 0 Å². The lowest BCUT2D eigenvalue weighted by Gasteiger charge is -2.28. The molecule has 82 valence electrons. The van der Waals surface area contributed by atoms with Crippen LogP contribution in [-0.2, 0) is 12.1 Å². The van der Waals surface area contributed by atoms with Crippen molar-refractivity contribution in [2.24, 2.45) is 5.92 Å². The summed E-state index contributed by atoms with van der Waals surface area (Å²) in [5.41, 5.74) is 1.71. The highest BCUT2D eigenvalue weighted by Gasteiger charge is 2.48. The van der Waals surface area contributed by atoms with Gasteiger partial charge in [-0.3, -0.25) is 4.68 Å². The molecule has 1 aliphatic carbocycles. The minimum atomic E-state index is 0.285. The Labute approximate surface area is 90.9 Å². The van der Waals surface area contributed by atoms with Crippen LogP contribution >= 0.6 is 0 Å². The van der Waals surface area contributed by atoms with E-state index in [-0.39, 0.29) is 5.54 Å². The lowest BCUT2D eigenvalue weighted by molar-refractivity contribution is 0.336. The fourth-order valence-corrected chi connectivity index (χ4v) is 2.94. The van der Waals surface area contributed by atoms with Crippen molar-refractivity contribution >= 4 is 0 Å². The molecule has 3 rings (SSSR count). The summed E-state index contributed by atoms with van der Waals surface area (Å²) in [5.74, 6) is 0.870. The van der Waals surface area contributed by atoms with Gasteiger partial charge in [0.2, 0.25) is 0 Å². The zero-order valence-corrected chi connectivity index (χ0v) is 9.37. The van der Waals surface area contributed by atoms with Gasteiger partial charge in [-0.15, -0.1) is 0 Å². The van der Waals surface area contributed by atoms with Gasteiger partial charge in [-0.2, -0.15) is 5.10 Å². The van der Waals surface area contributed by atoms with Gasteiger partial charge in [-0.1, -0.05) is 0 Å². The summed E-state index contributed by atoms with van der Waals surface area (Å²) in [7, 11) is 0. The van der Waals surface area contributed by atoms with E-state index in [2.05, 4.69) is 29.7 Å². The predicted molar refractivity (Wildman–Crippen MR) is 59.5 cm³/mol. The summed E-state index contributed by atoms with van der Waals surface area (Å²) in [4.78, 5) is 0. The number of nitrogens with zero attached hydrogens (tertiary/aromatic N) is 2. The van der Waals surface area contributed by atoms with Crippen LogP contribution in [0.25, 0.3) is 0 Å². The Kier molecular flexibility index (Phi) is 2.09. The molecule has 0 spiro atoms. The lowest BCUT2D eigenvalue weighted by Crippen LogP contribution is -2.38. The fourth-order valence-electron chi connectivity index (χ4n) is 2.94. The smallest absolute Gasteiger partial charge is 0.0540 e. The maximum atomic E-state index is 4.41. The third-order valence-electron chi connectivity index (χ3n) is 3.93. The summed E-state index contributed by atoms with van der Waals surface area (Å²) in [6.45, 7) is 4.29. The number of hydrogen-bond donors (Lipinski definition) is 1. The molecule has 2 fully saturated rings. The summed E-state index contributed by atoms with van der Waals surface area (Å²) < 4.78 is 2.04. The Hall–Kier alpha value is -0.830. The van der Waals surface area contributed by atoms with Gasteiger partial charge in [-0.05, 0) is 45.1 Å².